The second kappa shape index (κ2) is 7.35. The van der Waals surface area contributed by atoms with Crippen LogP contribution < -0.4 is 10.1 Å². The largest absolute Gasteiger partial charge is 0.489 e. The summed E-state index contributed by atoms with van der Waals surface area (Å²) < 4.78 is 5.76. The minimum absolute atomic E-state index is 0.0687. The molecular formula is C15H17N3O3. The Morgan fingerprint density at radius 2 is 2.05 bits per heavy atom. The van der Waals surface area contributed by atoms with Crippen molar-refractivity contribution in [2.24, 2.45) is 0 Å². The van der Waals surface area contributed by atoms with Crippen LogP contribution in [0.2, 0.25) is 0 Å². The van der Waals surface area contributed by atoms with Crippen LogP contribution in [-0.2, 0) is 13.2 Å². The Balaban J connectivity index is 2.14. The fraction of sp³-hybridized carbons (Fsp3) is 0.267. The van der Waals surface area contributed by atoms with Crippen molar-refractivity contribution < 1.29 is 9.66 Å². The Hall–Kier alpha value is -2.47. The van der Waals surface area contributed by atoms with E-state index in [4.69, 9.17) is 4.74 Å². The van der Waals surface area contributed by atoms with Gasteiger partial charge in [0.25, 0.3) is 5.69 Å². The lowest BCUT2D eigenvalue weighted by Gasteiger charge is -2.12. The number of rotatable bonds is 7. The van der Waals surface area contributed by atoms with Gasteiger partial charge in [-0.25, -0.2) is 0 Å². The van der Waals surface area contributed by atoms with Gasteiger partial charge < -0.3 is 10.1 Å². The smallest absolute Gasteiger partial charge is 0.270 e. The number of non-ortho nitro benzene ring substituents is 1. The van der Waals surface area contributed by atoms with E-state index in [0.29, 0.717) is 18.9 Å². The Kier molecular flexibility index (Phi) is 5.22. The molecule has 1 aromatic heterocycles. The lowest BCUT2D eigenvalue weighted by molar-refractivity contribution is -0.384. The fourth-order valence-corrected chi connectivity index (χ4v) is 1.86. The molecule has 0 saturated heterocycles. The summed E-state index contributed by atoms with van der Waals surface area (Å²) in [5.74, 6) is 0.651. The average Bonchev–Trinajstić information content (AvgIpc) is 2.52. The predicted molar refractivity (Wildman–Crippen MR) is 79.0 cm³/mol. The van der Waals surface area contributed by atoms with Crippen molar-refractivity contribution in [3.05, 3.63) is 64.0 Å². The van der Waals surface area contributed by atoms with Crippen molar-refractivity contribution >= 4 is 5.69 Å². The highest BCUT2D eigenvalue weighted by molar-refractivity contribution is 5.43. The third kappa shape index (κ3) is 4.25. The second-order valence-corrected chi connectivity index (χ2v) is 4.47. The van der Waals surface area contributed by atoms with Crippen LogP contribution in [-0.4, -0.2) is 16.5 Å². The first kappa shape index (κ1) is 14.9. The summed E-state index contributed by atoms with van der Waals surface area (Å²) in [5.41, 5.74) is 1.84. The van der Waals surface area contributed by atoms with E-state index in [1.807, 2.05) is 19.1 Å². The number of nitro groups is 1. The van der Waals surface area contributed by atoms with E-state index < -0.39 is 4.92 Å². The monoisotopic (exact) mass is 287 g/mol. The van der Waals surface area contributed by atoms with Crippen molar-refractivity contribution in [2.75, 3.05) is 6.54 Å². The van der Waals surface area contributed by atoms with Gasteiger partial charge in [0.05, 0.1) is 4.92 Å². The zero-order chi connectivity index (χ0) is 15.1. The van der Waals surface area contributed by atoms with Crippen molar-refractivity contribution in [3.63, 3.8) is 0 Å². The summed E-state index contributed by atoms with van der Waals surface area (Å²) in [6.07, 6.45) is 3.40. The van der Waals surface area contributed by atoms with Crippen LogP contribution >= 0.6 is 0 Å². The van der Waals surface area contributed by atoms with E-state index in [-0.39, 0.29) is 5.69 Å². The summed E-state index contributed by atoms with van der Waals surface area (Å²) in [5, 5.41) is 14.0. The molecule has 0 aliphatic rings. The molecule has 21 heavy (non-hydrogen) atoms. The molecule has 0 spiro atoms. The molecule has 0 aliphatic heterocycles. The molecule has 0 saturated carbocycles. The summed E-state index contributed by atoms with van der Waals surface area (Å²) in [4.78, 5) is 14.4. The fourth-order valence-electron chi connectivity index (χ4n) is 1.86. The molecule has 2 rings (SSSR count). The van der Waals surface area contributed by atoms with Gasteiger partial charge in [0.2, 0.25) is 0 Å². The van der Waals surface area contributed by atoms with Crippen LogP contribution in [0.3, 0.4) is 0 Å². The van der Waals surface area contributed by atoms with Crippen molar-refractivity contribution in [2.45, 2.75) is 20.1 Å². The van der Waals surface area contributed by atoms with Gasteiger partial charge in [0, 0.05) is 36.6 Å². The van der Waals surface area contributed by atoms with Crippen LogP contribution in [0.15, 0.2) is 42.7 Å². The Morgan fingerprint density at radius 3 is 2.71 bits per heavy atom. The topological polar surface area (TPSA) is 77.3 Å². The number of nitro benzene ring substituents is 1. The highest BCUT2D eigenvalue weighted by Crippen LogP contribution is 2.25. The predicted octanol–water partition coefficient (Wildman–Crippen LogP) is 2.68. The van der Waals surface area contributed by atoms with Crippen LogP contribution in [0.1, 0.15) is 18.1 Å². The molecule has 0 fully saturated rings. The van der Waals surface area contributed by atoms with Crippen molar-refractivity contribution in [3.8, 4) is 5.75 Å². The first-order valence-corrected chi connectivity index (χ1v) is 6.70. The van der Waals surface area contributed by atoms with Crippen LogP contribution in [0, 0.1) is 10.1 Å². The number of aromatic nitrogens is 1. The molecule has 6 nitrogen and oxygen atoms in total. The molecule has 0 aliphatic carbocycles. The molecule has 1 aromatic carbocycles. The second-order valence-electron chi connectivity index (χ2n) is 4.47. The number of pyridine rings is 1. The highest BCUT2D eigenvalue weighted by Gasteiger charge is 2.11. The quantitative estimate of drug-likeness (QED) is 0.625. The maximum Gasteiger partial charge on any atom is 0.270 e. The zero-order valence-electron chi connectivity index (χ0n) is 11.8. The van der Waals surface area contributed by atoms with Crippen molar-refractivity contribution in [1.82, 2.24) is 10.3 Å². The summed E-state index contributed by atoms with van der Waals surface area (Å²) in [6, 6.07) is 8.39. The first-order chi connectivity index (χ1) is 10.2. The van der Waals surface area contributed by atoms with Gasteiger partial charge in [-0.1, -0.05) is 6.92 Å². The maximum atomic E-state index is 10.9. The zero-order valence-corrected chi connectivity index (χ0v) is 11.8. The Morgan fingerprint density at radius 1 is 1.29 bits per heavy atom. The van der Waals surface area contributed by atoms with Crippen LogP contribution in [0.4, 0.5) is 5.69 Å². The molecule has 0 radical (unpaired) electrons. The minimum atomic E-state index is -0.401. The number of nitrogens with one attached hydrogen (secondary N) is 1. The summed E-state index contributed by atoms with van der Waals surface area (Å²) >= 11 is 0. The Bertz CT molecular complexity index is 602. The van der Waals surface area contributed by atoms with Gasteiger partial charge in [0.15, 0.2) is 0 Å². The molecule has 2 aromatic rings. The Labute approximate surface area is 122 Å². The lowest BCUT2D eigenvalue weighted by Crippen LogP contribution is -2.13. The van der Waals surface area contributed by atoms with E-state index in [1.54, 1.807) is 24.5 Å². The minimum Gasteiger partial charge on any atom is -0.489 e. The van der Waals surface area contributed by atoms with Crippen molar-refractivity contribution in [1.29, 1.82) is 0 Å². The van der Waals surface area contributed by atoms with E-state index >= 15 is 0 Å². The summed E-state index contributed by atoms with van der Waals surface area (Å²) in [7, 11) is 0. The molecule has 0 unspecified atom stereocenters. The summed E-state index contributed by atoms with van der Waals surface area (Å²) in [6.45, 7) is 3.70. The molecule has 110 valence electrons. The van der Waals surface area contributed by atoms with E-state index in [2.05, 4.69) is 10.3 Å². The average molecular weight is 287 g/mol. The van der Waals surface area contributed by atoms with Gasteiger partial charge in [-0.2, -0.15) is 0 Å². The third-order valence-corrected chi connectivity index (χ3v) is 2.96. The van der Waals surface area contributed by atoms with Gasteiger partial charge in [0.1, 0.15) is 12.4 Å². The number of nitrogens with zero attached hydrogens (tertiary/aromatic N) is 2. The molecule has 1 N–H and O–H groups in total. The van der Waals surface area contributed by atoms with Crippen LogP contribution in [0.25, 0.3) is 0 Å². The molecule has 0 bridgehead atoms. The van der Waals surface area contributed by atoms with E-state index in [0.717, 1.165) is 17.7 Å². The van der Waals surface area contributed by atoms with Gasteiger partial charge in [-0.3, -0.25) is 15.1 Å². The number of hydrogen-bond acceptors (Lipinski definition) is 5. The molecule has 6 heteroatoms. The third-order valence-electron chi connectivity index (χ3n) is 2.96. The standard InChI is InChI=1S/C15H17N3O3/c1-2-16-10-13-9-14(18(19)20)3-4-15(13)21-11-12-5-7-17-8-6-12/h3-9,16H,2,10-11H2,1H3. The van der Waals surface area contributed by atoms with Gasteiger partial charge in [-0.15, -0.1) is 0 Å². The number of hydrogen-bond donors (Lipinski definition) is 1. The number of ether oxygens (including phenoxy) is 1. The van der Waals surface area contributed by atoms with E-state index in [9.17, 15) is 10.1 Å². The molecule has 0 atom stereocenters. The number of benzene rings is 1. The van der Waals surface area contributed by atoms with Gasteiger partial charge >= 0.3 is 0 Å². The molecule has 1 heterocycles. The lowest BCUT2D eigenvalue weighted by atomic mass is 10.1. The van der Waals surface area contributed by atoms with E-state index in [1.165, 1.54) is 6.07 Å². The molecule has 0 amide bonds. The van der Waals surface area contributed by atoms with Gasteiger partial charge in [-0.05, 0) is 30.3 Å². The normalized spacial score (nSPS) is 10.3. The first-order valence-electron chi connectivity index (χ1n) is 6.70. The maximum absolute atomic E-state index is 10.9. The molecular weight excluding hydrogens is 270 g/mol. The SMILES string of the molecule is CCNCc1cc([N+](=O)[O-])ccc1OCc1ccncc1. The highest BCUT2D eigenvalue weighted by atomic mass is 16.6. The van der Waals surface area contributed by atoms with Crippen LogP contribution in [0.5, 0.6) is 5.75 Å².